The first-order valence-electron chi connectivity index (χ1n) is 10.9. The zero-order chi connectivity index (χ0) is 25.1. The molecule has 9 nitrogen and oxygen atoms in total. The molecule has 1 N–H and O–H groups in total. The van der Waals surface area contributed by atoms with Crippen molar-refractivity contribution in [2.75, 3.05) is 11.9 Å². The van der Waals surface area contributed by atoms with E-state index in [0.717, 1.165) is 6.20 Å². The van der Waals surface area contributed by atoms with Gasteiger partial charge in [0.2, 0.25) is 0 Å². The number of benzene rings is 1. The highest BCUT2D eigenvalue weighted by Crippen LogP contribution is 2.28. The second kappa shape index (κ2) is 10.00. The van der Waals surface area contributed by atoms with Crippen LogP contribution in [-0.2, 0) is 11.3 Å². The van der Waals surface area contributed by atoms with Crippen molar-refractivity contribution >= 4 is 11.8 Å². The molecule has 4 rings (SSSR count). The quantitative estimate of drug-likeness (QED) is 0.377. The van der Waals surface area contributed by atoms with Crippen molar-refractivity contribution in [3.63, 3.8) is 0 Å². The molecule has 0 aliphatic heterocycles. The fraction of sp³-hybridized carbons (Fsp3) is 0.292. The van der Waals surface area contributed by atoms with E-state index in [1.807, 2.05) is 13.8 Å². The van der Waals surface area contributed by atoms with E-state index in [0.29, 0.717) is 22.6 Å². The van der Waals surface area contributed by atoms with Crippen molar-refractivity contribution in [2.24, 2.45) is 5.92 Å². The van der Waals surface area contributed by atoms with Gasteiger partial charge in [-0.2, -0.15) is 5.10 Å². The number of carboxylic acid groups (broad SMARTS) is 1. The maximum atomic E-state index is 14.7. The lowest BCUT2D eigenvalue weighted by Gasteiger charge is -2.31. The van der Waals surface area contributed by atoms with Crippen LogP contribution in [0.25, 0.3) is 22.9 Å². The van der Waals surface area contributed by atoms with Crippen LogP contribution in [0.2, 0.25) is 0 Å². The van der Waals surface area contributed by atoms with Gasteiger partial charge in [-0.05, 0) is 18.1 Å². The summed E-state index contributed by atoms with van der Waals surface area (Å²) < 4.78 is 35.5. The molecule has 3 aromatic heterocycles. The first-order chi connectivity index (χ1) is 16.7. The molecular weight excluding hydrogens is 458 g/mol. The predicted octanol–water partition coefficient (Wildman–Crippen LogP) is 4.26. The molecule has 182 valence electrons. The molecule has 1 aromatic carbocycles. The van der Waals surface area contributed by atoms with Crippen LogP contribution in [0.4, 0.5) is 14.6 Å². The van der Waals surface area contributed by atoms with Crippen LogP contribution in [0.1, 0.15) is 25.8 Å². The Morgan fingerprint density at radius 1 is 1.17 bits per heavy atom. The third kappa shape index (κ3) is 5.18. The molecule has 0 fully saturated rings. The molecule has 0 unspecified atom stereocenters. The Morgan fingerprint density at radius 3 is 2.60 bits per heavy atom. The number of hydrogen-bond donors (Lipinski definition) is 1. The van der Waals surface area contributed by atoms with Crippen LogP contribution in [0.5, 0.6) is 0 Å². The Hall–Kier alpha value is -4.15. The lowest BCUT2D eigenvalue weighted by molar-refractivity contribution is -0.137. The third-order valence-corrected chi connectivity index (χ3v) is 5.70. The van der Waals surface area contributed by atoms with Gasteiger partial charge in [-0.3, -0.25) is 9.48 Å². The van der Waals surface area contributed by atoms with Crippen LogP contribution < -0.4 is 4.90 Å². The summed E-state index contributed by atoms with van der Waals surface area (Å²) in [6.45, 7) is 3.83. The van der Waals surface area contributed by atoms with Crippen LogP contribution in [0, 0.1) is 17.6 Å². The van der Waals surface area contributed by atoms with E-state index in [1.54, 1.807) is 42.1 Å². The summed E-state index contributed by atoms with van der Waals surface area (Å²) in [5.74, 6) is -2.04. The summed E-state index contributed by atoms with van der Waals surface area (Å²) >= 11 is 0. The molecule has 0 bridgehead atoms. The number of hydrogen-bond acceptors (Lipinski definition) is 7. The molecular formula is C24H24F2N6O3. The van der Waals surface area contributed by atoms with Gasteiger partial charge in [-0.1, -0.05) is 37.2 Å². The predicted molar refractivity (Wildman–Crippen MR) is 123 cm³/mol. The lowest BCUT2D eigenvalue weighted by Crippen LogP contribution is -2.39. The molecule has 3 heterocycles. The molecule has 0 amide bonds. The highest BCUT2D eigenvalue weighted by molar-refractivity contribution is 5.68. The molecule has 35 heavy (non-hydrogen) atoms. The number of carbonyl (C=O) groups is 1. The van der Waals surface area contributed by atoms with E-state index in [-0.39, 0.29) is 36.3 Å². The molecule has 11 heteroatoms. The molecule has 0 spiro atoms. The number of nitrogens with zero attached hydrogens (tertiary/aromatic N) is 6. The summed E-state index contributed by atoms with van der Waals surface area (Å²) in [5, 5.41) is 17.8. The zero-order valence-electron chi connectivity index (χ0n) is 19.4. The Kier molecular flexibility index (Phi) is 6.85. The number of halogens is 2. The van der Waals surface area contributed by atoms with E-state index in [9.17, 15) is 18.7 Å². The summed E-state index contributed by atoms with van der Waals surface area (Å²) in [6, 6.07) is 9.16. The monoisotopic (exact) mass is 482 g/mol. The molecule has 0 saturated heterocycles. The highest BCUT2D eigenvalue weighted by atomic mass is 19.1. The molecule has 0 saturated carbocycles. The van der Waals surface area contributed by atoms with Crippen molar-refractivity contribution < 1.29 is 23.2 Å². The largest absolute Gasteiger partial charge is 0.481 e. The third-order valence-electron chi connectivity index (χ3n) is 5.70. The average Bonchev–Trinajstić information content (AvgIpc) is 3.49. The number of anilines is 1. The molecule has 0 aliphatic carbocycles. The van der Waals surface area contributed by atoms with Gasteiger partial charge in [0.05, 0.1) is 24.9 Å². The van der Waals surface area contributed by atoms with Gasteiger partial charge in [-0.15, -0.1) is 0 Å². The first kappa shape index (κ1) is 24.0. The normalized spacial score (nSPS) is 12.2. The topological polar surface area (TPSA) is 110 Å². The van der Waals surface area contributed by atoms with Crippen molar-refractivity contribution in [1.82, 2.24) is 24.9 Å². The van der Waals surface area contributed by atoms with Gasteiger partial charge in [0.1, 0.15) is 23.5 Å². The molecule has 1 atom stereocenters. The van der Waals surface area contributed by atoms with Gasteiger partial charge in [-0.25, -0.2) is 18.7 Å². The lowest BCUT2D eigenvalue weighted by atomic mass is 9.99. The van der Waals surface area contributed by atoms with E-state index in [4.69, 9.17) is 4.52 Å². The summed E-state index contributed by atoms with van der Waals surface area (Å²) in [7, 11) is 1.60. The van der Waals surface area contributed by atoms with Crippen molar-refractivity contribution in [1.29, 1.82) is 0 Å². The van der Waals surface area contributed by atoms with E-state index < -0.39 is 17.8 Å². The van der Waals surface area contributed by atoms with Gasteiger partial charge < -0.3 is 14.5 Å². The van der Waals surface area contributed by atoms with Crippen molar-refractivity contribution in [3.8, 4) is 22.9 Å². The number of aliphatic carboxylic acids is 1. The van der Waals surface area contributed by atoms with Gasteiger partial charge in [0.25, 0.3) is 0 Å². The number of rotatable bonds is 9. The molecule has 4 aromatic rings. The van der Waals surface area contributed by atoms with E-state index >= 15 is 0 Å². The highest BCUT2D eigenvalue weighted by Gasteiger charge is 2.26. The maximum Gasteiger partial charge on any atom is 0.305 e. The van der Waals surface area contributed by atoms with Crippen molar-refractivity contribution in [2.45, 2.75) is 32.9 Å². The molecule has 0 radical (unpaired) electrons. The minimum atomic E-state index is -0.991. The SMILES string of the molecule is CC(C)[C@H](CC(=O)O)N(C)c1nc(-c2cc(-c3ccon3)n(Cc3ccccc3F)n2)ncc1F. The average molecular weight is 482 g/mol. The minimum Gasteiger partial charge on any atom is -0.481 e. The van der Waals surface area contributed by atoms with Crippen molar-refractivity contribution in [3.05, 3.63) is 66.1 Å². The van der Waals surface area contributed by atoms with E-state index in [2.05, 4.69) is 20.2 Å². The Balaban J connectivity index is 1.75. The smallest absolute Gasteiger partial charge is 0.305 e. The maximum absolute atomic E-state index is 14.7. The summed E-state index contributed by atoms with van der Waals surface area (Å²) in [6.07, 6.45) is 2.25. The first-order valence-corrected chi connectivity index (χ1v) is 10.9. The second-order valence-corrected chi connectivity index (χ2v) is 8.43. The number of aromatic nitrogens is 5. The van der Waals surface area contributed by atoms with E-state index in [1.165, 1.54) is 17.2 Å². The van der Waals surface area contributed by atoms with Crippen LogP contribution in [-0.4, -0.2) is 49.1 Å². The standard InChI is InChI=1S/C24H24F2N6O3/c1-14(2)20(11-22(33)34)31(3)24-17(26)12-27-23(28-24)19-10-21(18-8-9-35-30-18)32(29-19)13-15-6-4-5-7-16(15)25/h4-10,12,14,20H,11,13H2,1-3H3,(H,33,34)/t20-/m0/s1. The Morgan fingerprint density at radius 2 is 1.94 bits per heavy atom. The van der Waals surface area contributed by atoms with Crippen LogP contribution in [0.3, 0.4) is 0 Å². The fourth-order valence-electron chi connectivity index (χ4n) is 3.87. The number of carboxylic acids is 1. The molecule has 0 aliphatic rings. The minimum absolute atomic E-state index is 0.0402. The Labute approximate surface area is 200 Å². The summed E-state index contributed by atoms with van der Waals surface area (Å²) in [4.78, 5) is 21.3. The zero-order valence-corrected chi connectivity index (χ0v) is 19.4. The fourth-order valence-corrected chi connectivity index (χ4v) is 3.87. The summed E-state index contributed by atoms with van der Waals surface area (Å²) in [5.41, 5.74) is 1.74. The Bertz CT molecular complexity index is 1320. The van der Waals surface area contributed by atoms with Gasteiger partial charge >= 0.3 is 5.97 Å². The van der Waals surface area contributed by atoms with Crippen LogP contribution in [0.15, 0.2) is 53.4 Å². The van der Waals surface area contributed by atoms with Crippen LogP contribution >= 0.6 is 0 Å². The van der Waals surface area contributed by atoms with Gasteiger partial charge in [0, 0.05) is 24.7 Å². The van der Waals surface area contributed by atoms with Gasteiger partial charge in [0.15, 0.2) is 17.5 Å². The second-order valence-electron chi connectivity index (χ2n) is 8.43.